The number of benzene rings is 1. The van der Waals surface area contributed by atoms with Crippen LogP contribution in [0.25, 0.3) is 0 Å². The van der Waals surface area contributed by atoms with Gasteiger partial charge in [0.1, 0.15) is 0 Å². The number of carbonyl (C=O) groups is 1. The van der Waals surface area contributed by atoms with E-state index in [1.54, 1.807) is 11.1 Å². The van der Waals surface area contributed by atoms with Crippen molar-refractivity contribution in [2.45, 2.75) is 12.6 Å². The first-order valence-electron chi connectivity index (χ1n) is 7.37. The first kappa shape index (κ1) is 14.5. The number of carbonyl (C=O) groups excluding carboxylic acids is 1. The molecule has 0 bridgehead atoms. The number of likely N-dealkylation sites (tertiary alicyclic amines) is 1. The third kappa shape index (κ3) is 3.43. The van der Waals surface area contributed by atoms with Gasteiger partial charge in [-0.1, -0.05) is 24.3 Å². The highest BCUT2D eigenvalue weighted by molar-refractivity contribution is 5.82. The fourth-order valence-electron chi connectivity index (χ4n) is 2.51. The van der Waals surface area contributed by atoms with Crippen molar-refractivity contribution in [3.8, 4) is 0 Å². The molecule has 1 aliphatic heterocycles. The van der Waals surface area contributed by atoms with E-state index in [1.807, 2.05) is 53.6 Å². The van der Waals surface area contributed by atoms with Crippen molar-refractivity contribution in [2.24, 2.45) is 0 Å². The standard InChI is InChI=1S/C17H19N3O2/c21-16-11-20(12-16)17(22)13-19(15-6-2-1-3-7-15)10-14-5-4-8-18-9-14/h1-9,16,21H,10-13H2. The van der Waals surface area contributed by atoms with Gasteiger partial charge in [-0.2, -0.15) is 0 Å². The van der Waals surface area contributed by atoms with Gasteiger partial charge in [0.25, 0.3) is 0 Å². The van der Waals surface area contributed by atoms with Gasteiger partial charge in [-0.05, 0) is 23.8 Å². The SMILES string of the molecule is O=C(CN(Cc1cccnc1)c1ccccc1)N1CC(O)C1. The van der Waals surface area contributed by atoms with Crippen LogP contribution in [0.2, 0.25) is 0 Å². The maximum atomic E-state index is 12.3. The lowest BCUT2D eigenvalue weighted by atomic mass is 10.1. The Bertz CT molecular complexity index is 612. The Hall–Kier alpha value is -2.40. The summed E-state index contributed by atoms with van der Waals surface area (Å²) in [5.74, 6) is 0.0399. The largest absolute Gasteiger partial charge is 0.389 e. The number of rotatable bonds is 5. The molecule has 0 atom stereocenters. The van der Waals surface area contributed by atoms with Gasteiger partial charge >= 0.3 is 0 Å². The highest BCUT2D eigenvalue weighted by Gasteiger charge is 2.29. The second kappa shape index (κ2) is 6.58. The molecule has 0 radical (unpaired) electrons. The summed E-state index contributed by atoms with van der Waals surface area (Å²) in [6.45, 7) is 1.80. The fraction of sp³-hybridized carbons (Fsp3) is 0.294. The summed E-state index contributed by atoms with van der Waals surface area (Å²) in [5.41, 5.74) is 2.06. The average molecular weight is 297 g/mol. The first-order chi connectivity index (χ1) is 10.7. The summed E-state index contributed by atoms with van der Waals surface area (Å²) in [4.78, 5) is 20.1. The van der Waals surface area contributed by atoms with Crippen LogP contribution in [0, 0.1) is 0 Å². The number of pyridine rings is 1. The molecule has 1 aliphatic rings. The van der Waals surface area contributed by atoms with Crippen LogP contribution < -0.4 is 4.90 Å². The summed E-state index contributed by atoms with van der Waals surface area (Å²) in [7, 11) is 0. The van der Waals surface area contributed by atoms with Gasteiger partial charge < -0.3 is 14.9 Å². The Balaban J connectivity index is 1.73. The van der Waals surface area contributed by atoms with E-state index in [0.29, 0.717) is 26.2 Å². The van der Waals surface area contributed by atoms with E-state index >= 15 is 0 Å². The average Bonchev–Trinajstić information content (AvgIpc) is 2.53. The summed E-state index contributed by atoms with van der Waals surface area (Å²) in [6, 6.07) is 13.8. The number of anilines is 1. The normalized spacial score (nSPS) is 14.5. The second-order valence-corrected chi connectivity index (χ2v) is 5.51. The van der Waals surface area contributed by atoms with Gasteiger partial charge in [0, 0.05) is 37.7 Å². The molecule has 1 aromatic carbocycles. The van der Waals surface area contributed by atoms with Crippen molar-refractivity contribution in [1.29, 1.82) is 0 Å². The van der Waals surface area contributed by atoms with Crippen LogP contribution in [0.5, 0.6) is 0 Å². The van der Waals surface area contributed by atoms with Crippen LogP contribution in [0.4, 0.5) is 5.69 Å². The zero-order valence-corrected chi connectivity index (χ0v) is 12.3. The van der Waals surface area contributed by atoms with Crippen LogP contribution >= 0.6 is 0 Å². The first-order valence-corrected chi connectivity index (χ1v) is 7.37. The Labute approximate surface area is 129 Å². The van der Waals surface area contributed by atoms with Crippen molar-refractivity contribution in [3.05, 3.63) is 60.4 Å². The third-order valence-corrected chi connectivity index (χ3v) is 3.76. The summed E-state index contributed by atoms with van der Waals surface area (Å²) in [5, 5.41) is 9.34. The van der Waals surface area contributed by atoms with E-state index in [9.17, 15) is 9.90 Å². The zero-order valence-electron chi connectivity index (χ0n) is 12.3. The highest BCUT2D eigenvalue weighted by Crippen LogP contribution is 2.18. The van der Waals surface area contributed by atoms with Gasteiger partial charge in [0.15, 0.2) is 0 Å². The van der Waals surface area contributed by atoms with E-state index < -0.39 is 0 Å². The lowest BCUT2D eigenvalue weighted by Gasteiger charge is -2.37. The van der Waals surface area contributed by atoms with Gasteiger partial charge in [-0.15, -0.1) is 0 Å². The lowest BCUT2D eigenvalue weighted by molar-refractivity contribution is -0.139. The van der Waals surface area contributed by atoms with Crippen molar-refractivity contribution in [3.63, 3.8) is 0 Å². The molecule has 22 heavy (non-hydrogen) atoms. The Kier molecular flexibility index (Phi) is 4.34. The number of para-hydroxylation sites is 1. The highest BCUT2D eigenvalue weighted by atomic mass is 16.3. The molecule has 1 aromatic heterocycles. The molecule has 2 heterocycles. The number of nitrogens with zero attached hydrogens (tertiary/aromatic N) is 3. The number of aliphatic hydroxyl groups excluding tert-OH is 1. The molecule has 1 fully saturated rings. The number of amides is 1. The fourth-order valence-corrected chi connectivity index (χ4v) is 2.51. The summed E-state index contributed by atoms with van der Waals surface area (Å²) >= 11 is 0. The molecule has 114 valence electrons. The maximum absolute atomic E-state index is 12.3. The van der Waals surface area contributed by atoms with Gasteiger partial charge in [-0.25, -0.2) is 0 Å². The maximum Gasteiger partial charge on any atom is 0.242 e. The van der Waals surface area contributed by atoms with Crippen molar-refractivity contribution < 1.29 is 9.90 Å². The van der Waals surface area contributed by atoms with Gasteiger partial charge in [-0.3, -0.25) is 9.78 Å². The monoisotopic (exact) mass is 297 g/mol. The molecular weight excluding hydrogens is 278 g/mol. The van der Waals surface area contributed by atoms with Crippen LogP contribution in [0.15, 0.2) is 54.9 Å². The molecule has 0 aliphatic carbocycles. The molecule has 0 saturated carbocycles. The summed E-state index contributed by atoms with van der Waals surface area (Å²) in [6.07, 6.45) is 3.18. The topological polar surface area (TPSA) is 56.7 Å². The molecule has 1 saturated heterocycles. The Morgan fingerprint density at radius 1 is 1.23 bits per heavy atom. The van der Waals surface area contributed by atoms with E-state index in [0.717, 1.165) is 11.3 Å². The predicted octanol–water partition coefficient (Wildman–Crippen LogP) is 1.29. The minimum Gasteiger partial charge on any atom is -0.389 e. The molecule has 0 unspecified atom stereocenters. The minimum atomic E-state index is -0.368. The molecule has 5 nitrogen and oxygen atoms in total. The quantitative estimate of drug-likeness (QED) is 0.903. The second-order valence-electron chi connectivity index (χ2n) is 5.51. The van der Waals surface area contributed by atoms with Gasteiger partial charge in [0.2, 0.25) is 5.91 Å². The molecule has 3 rings (SSSR count). The number of β-amino-alcohol motifs (C(OH)–C–C–N with tert-alkyl or cyclic N) is 1. The number of hydrogen-bond acceptors (Lipinski definition) is 4. The van der Waals surface area contributed by atoms with E-state index in [1.165, 1.54) is 0 Å². The van der Waals surface area contributed by atoms with Crippen LogP contribution in [0.1, 0.15) is 5.56 Å². The molecule has 0 spiro atoms. The van der Waals surface area contributed by atoms with E-state index in [4.69, 9.17) is 0 Å². The van der Waals surface area contributed by atoms with Crippen molar-refractivity contribution >= 4 is 11.6 Å². The smallest absolute Gasteiger partial charge is 0.242 e. The molecule has 1 amide bonds. The van der Waals surface area contributed by atoms with Crippen molar-refractivity contribution in [1.82, 2.24) is 9.88 Å². The minimum absolute atomic E-state index is 0.0399. The molecular formula is C17H19N3O2. The third-order valence-electron chi connectivity index (χ3n) is 3.76. The van der Waals surface area contributed by atoms with Crippen LogP contribution in [-0.2, 0) is 11.3 Å². The number of aliphatic hydroxyl groups is 1. The predicted molar refractivity (Wildman–Crippen MR) is 84.3 cm³/mol. The van der Waals surface area contributed by atoms with E-state index in [2.05, 4.69) is 4.98 Å². The molecule has 5 heteroatoms. The molecule has 2 aromatic rings. The summed E-state index contributed by atoms with van der Waals surface area (Å²) < 4.78 is 0. The lowest BCUT2D eigenvalue weighted by Crippen LogP contribution is -2.56. The van der Waals surface area contributed by atoms with Crippen LogP contribution in [-0.4, -0.2) is 46.6 Å². The Morgan fingerprint density at radius 2 is 2.00 bits per heavy atom. The van der Waals surface area contributed by atoms with Gasteiger partial charge in [0.05, 0.1) is 12.6 Å². The number of hydrogen-bond donors (Lipinski definition) is 1. The van der Waals surface area contributed by atoms with Crippen LogP contribution in [0.3, 0.4) is 0 Å². The van der Waals surface area contributed by atoms with E-state index in [-0.39, 0.29) is 12.0 Å². The molecule has 1 N–H and O–H groups in total. The zero-order chi connectivity index (χ0) is 15.4. The van der Waals surface area contributed by atoms with Crippen molar-refractivity contribution in [2.75, 3.05) is 24.5 Å². The Morgan fingerprint density at radius 3 is 2.64 bits per heavy atom. The number of aromatic nitrogens is 1.